The third-order valence-corrected chi connectivity index (χ3v) is 7.94. The molecule has 34 heavy (non-hydrogen) atoms. The standard InChI is InChI=1S/C26H29N5O2S/c1-14(2)33-21-8-16(4)15(3)7-20(21)30-24-23-19-6-5-18(26(32)31-11-17(10-27)12-31)9-22(19)34-25(23)29-13-28-24/h7-8,13-14,17-18H,5-6,9,11-12H2,1-4H3,(H,28,29,30). The molecule has 8 heteroatoms. The van der Waals surface area contributed by atoms with Crippen molar-refractivity contribution >= 4 is 39.0 Å². The van der Waals surface area contributed by atoms with Crippen molar-refractivity contribution in [3.8, 4) is 11.8 Å². The number of ether oxygens (including phenoxy) is 1. The molecule has 1 amide bonds. The second-order valence-corrected chi connectivity index (χ2v) is 10.7. The molecule has 0 radical (unpaired) electrons. The van der Waals surface area contributed by atoms with Gasteiger partial charge in [0.05, 0.1) is 29.2 Å². The van der Waals surface area contributed by atoms with Gasteiger partial charge in [-0.1, -0.05) is 0 Å². The third-order valence-electron chi connectivity index (χ3n) is 6.78. The quantitative estimate of drug-likeness (QED) is 0.563. The number of amides is 1. The number of carbonyl (C=O) groups excluding carboxylic acids is 1. The largest absolute Gasteiger partial charge is 0.489 e. The molecule has 1 atom stereocenters. The van der Waals surface area contributed by atoms with Gasteiger partial charge in [-0.2, -0.15) is 5.26 Å². The number of carbonyl (C=O) groups is 1. The number of likely N-dealkylation sites (tertiary alicyclic amines) is 1. The van der Waals surface area contributed by atoms with E-state index in [9.17, 15) is 4.79 Å². The van der Waals surface area contributed by atoms with Crippen LogP contribution in [-0.2, 0) is 17.6 Å². The fourth-order valence-electron chi connectivity index (χ4n) is 4.78. The molecule has 0 spiro atoms. The van der Waals surface area contributed by atoms with Gasteiger partial charge in [0.25, 0.3) is 0 Å². The van der Waals surface area contributed by atoms with Crippen LogP contribution in [0.2, 0.25) is 0 Å². The Balaban J connectivity index is 1.44. The first-order valence-corrected chi connectivity index (χ1v) is 12.6. The van der Waals surface area contributed by atoms with Crippen molar-refractivity contribution in [3.63, 3.8) is 0 Å². The molecule has 2 aromatic heterocycles. The molecule has 1 aromatic carbocycles. The highest BCUT2D eigenvalue weighted by Crippen LogP contribution is 2.42. The SMILES string of the molecule is Cc1cc(Nc2ncnc3sc4c(c23)CCC(C(=O)N2CC(C#N)C2)C4)c(OC(C)C)cc1C. The van der Waals surface area contributed by atoms with E-state index in [1.807, 2.05) is 18.7 Å². The van der Waals surface area contributed by atoms with Crippen LogP contribution in [0, 0.1) is 37.0 Å². The highest BCUT2D eigenvalue weighted by Gasteiger charge is 2.37. The van der Waals surface area contributed by atoms with Crippen LogP contribution in [0.3, 0.4) is 0 Å². The summed E-state index contributed by atoms with van der Waals surface area (Å²) in [7, 11) is 0. The van der Waals surface area contributed by atoms with Crippen LogP contribution in [0.5, 0.6) is 5.75 Å². The molecule has 1 unspecified atom stereocenters. The maximum absolute atomic E-state index is 12.9. The maximum Gasteiger partial charge on any atom is 0.226 e. The van der Waals surface area contributed by atoms with Crippen molar-refractivity contribution in [2.24, 2.45) is 11.8 Å². The summed E-state index contributed by atoms with van der Waals surface area (Å²) in [5, 5.41) is 13.6. The Labute approximate surface area is 203 Å². The van der Waals surface area contributed by atoms with E-state index >= 15 is 0 Å². The number of fused-ring (bicyclic) bond motifs is 3. The summed E-state index contributed by atoms with van der Waals surface area (Å²) < 4.78 is 6.09. The van der Waals surface area contributed by atoms with Gasteiger partial charge in [0.1, 0.15) is 22.7 Å². The smallest absolute Gasteiger partial charge is 0.226 e. The first-order valence-electron chi connectivity index (χ1n) is 11.8. The zero-order valence-corrected chi connectivity index (χ0v) is 20.8. The number of aromatic nitrogens is 2. The molecule has 2 aliphatic rings. The Morgan fingerprint density at radius 1 is 1.26 bits per heavy atom. The molecule has 0 bridgehead atoms. The molecule has 3 aromatic rings. The van der Waals surface area contributed by atoms with E-state index in [1.54, 1.807) is 17.7 Å². The molecule has 3 heterocycles. The predicted molar refractivity (Wildman–Crippen MR) is 134 cm³/mol. The van der Waals surface area contributed by atoms with Gasteiger partial charge >= 0.3 is 0 Å². The summed E-state index contributed by atoms with van der Waals surface area (Å²) in [5.41, 5.74) is 4.51. The lowest BCUT2D eigenvalue weighted by atomic mass is 9.85. The minimum Gasteiger partial charge on any atom is -0.489 e. The van der Waals surface area contributed by atoms with Crippen LogP contribution in [0.4, 0.5) is 11.5 Å². The lowest BCUT2D eigenvalue weighted by Gasteiger charge is -2.38. The van der Waals surface area contributed by atoms with Crippen molar-refractivity contribution in [1.82, 2.24) is 14.9 Å². The van der Waals surface area contributed by atoms with Crippen molar-refractivity contribution in [1.29, 1.82) is 5.26 Å². The van der Waals surface area contributed by atoms with Crippen molar-refractivity contribution in [2.75, 3.05) is 18.4 Å². The van der Waals surface area contributed by atoms with Gasteiger partial charge in [-0.25, -0.2) is 9.97 Å². The van der Waals surface area contributed by atoms with E-state index in [4.69, 9.17) is 10.00 Å². The van der Waals surface area contributed by atoms with E-state index in [-0.39, 0.29) is 23.8 Å². The van der Waals surface area contributed by atoms with Gasteiger partial charge in [0, 0.05) is 23.9 Å². The van der Waals surface area contributed by atoms with E-state index in [0.29, 0.717) is 13.1 Å². The number of hydrogen-bond donors (Lipinski definition) is 1. The molecule has 1 fully saturated rings. The topological polar surface area (TPSA) is 91.1 Å². The monoisotopic (exact) mass is 475 g/mol. The Hall–Kier alpha value is -3.18. The average molecular weight is 476 g/mol. The molecule has 7 nitrogen and oxygen atoms in total. The fraction of sp³-hybridized carbons (Fsp3) is 0.462. The minimum absolute atomic E-state index is 0.00804. The summed E-state index contributed by atoms with van der Waals surface area (Å²) in [6, 6.07) is 6.43. The Morgan fingerprint density at radius 2 is 2.03 bits per heavy atom. The van der Waals surface area contributed by atoms with Gasteiger partial charge < -0.3 is 15.0 Å². The number of rotatable bonds is 5. The number of benzene rings is 1. The van der Waals surface area contributed by atoms with Crippen LogP contribution in [0.1, 0.15) is 41.8 Å². The number of hydrogen-bond acceptors (Lipinski definition) is 7. The molecule has 176 valence electrons. The van der Waals surface area contributed by atoms with Crippen molar-refractivity contribution < 1.29 is 9.53 Å². The van der Waals surface area contributed by atoms with Crippen molar-refractivity contribution in [3.05, 3.63) is 40.0 Å². The lowest BCUT2D eigenvalue weighted by molar-refractivity contribution is -0.141. The number of anilines is 2. The van der Waals surface area contributed by atoms with Gasteiger partial charge in [-0.05, 0) is 75.8 Å². The Kier molecular flexibility index (Phi) is 5.90. The summed E-state index contributed by atoms with van der Waals surface area (Å²) in [6.45, 7) is 9.37. The molecular weight excluding hydrogens is 446 g/mol. The first kappa shape index (κ1) is 22.6. The minimum atomic E-state index is -0.0182. The molecule has 1 aliphatic heterocycles. The molecule has 0 saturated carbocycles. The summed E-state index contributed by atoms with van der Waals surface area (Å²) >= 11 is 1.66. The van der Waals surface area contributed by atoms with Crippen LogP contribution in [0.25, 0.3) is 10.2 Å². The van der Waals surface area contributed by atoms with E-state index in [1.165, 1.54) is 21.6 Å². The predicted octanol–water partition coefficient (Wildman–Crippen LogP) is 4.93. The summed E-state index contributed by atoms with van der Waals surface area (Å²) in [6.07, 6.45) is 4.03. The van der Waals surface area contributed by atoms with Crippen LogP contribution >= 0.6 is 11.3 Å². The summed E-state index contributed by atoms with van der Waals surface area (Å²) in [4.78, 5) is 26.1. The van der Waals surface area contributed by atoms with E-state index in [0.717, 1.165) is 46.7 Å². The number of aryl methyl sites for hydroxylation is 3. The van der Waals surface area contributed by atoms with Crippen LogP contribution < -0.4 is 10.1 Å². The second kappa shape index (κ2) is 8.88. The van der Waals surface area contributed by atoms with Gasteiger partial charge in [-0.3, -0.25) is 4.79 Å². The third kappa shape index (κ3) is 4.09. The Morgan fingerprint density at radius 3 is 2.76 bits per heavy atom. The number of thiophene rings is 1. The number of nitriles is 1. The highest BCUT2D eigenvalue weighted by atomic mass is 32.1. The van der Waals surface area contributed by atoms with Gasteiger partial charge in [-0.15, -0.1) is 11.3 Å². The second-order valence-electron chi connectivity index (χ2n) is 9.64. The van der Waals surface area contributed by atoms with E-state index in [2.05, 4.69) is 47.3 Å². The highest BCUT2D eigenvalue weighted by molar-refractivity contribution is 7.19. The van der Waals surface area contributed by atoms with E-state index < -0.39 is 0 Å². The Bertz CT molecular complexity index is 1300. The maximum atomic E-state index is 12.9. The normalized spacial score (nSPS) is 17.9. The van der Waals surface area contributed by atoms with Gasteiger partial charge in [0.15, 0.2) is 0 Å². The lowest BCUT2D eigenvalue weighted by Crippen LogP contribution is -2.52. The molecule has 5 rings (SSSR count). The number of nitrogens with one attached hydrogen (secondary N) is 1. The molecule has 1 N–H and O–H groups in total. The zero-order valence-electron chi connectivity index (χ0n) is 20.0. The number of nitrogens with zero attached hydrogens (tertiary/aromatic N) is 4. The van der Waals surface area contributed by atoms with Crippen molar-refractivity contribution in [2.45, 2.75) is 53.1 Å². The van der Waals surface area contributed by atoms with Crippen LogP contribution in [-0.4, -0.2) is 40.0 Å². The molecule has 1 saturated heterocycles. The summed E-state index contributed by atoms with van der Waals surface area (Å²) in [5.74, 6) is 1.75. The van der Waals surface area contributed by atoms with Gasteiger partial charge in [0.2, 0.25) is 5.91 Å². The fourth-order valence-corrected chi connectivity index (χ4v) is 6.05. The molecule has 1 aliphatic carbocycles. The average Bonchev–Trinajstić information content (AvgIpc) is 3.14. The van der Waals surface area contributed by atoms with Crippen LogP contribution in [0.15, 0.2) is 18.5 Å². The first-order chi connectivity index (χ1) is 16.3. The molecular formula is C26H29N5O2S. The zero-order chi connectivity index (χ0) is 24.0.